The molecule has 0 aromatic carbocycles. The number of nitrogens with two attached hydrogens (primary N) is 1. The van der Waals surface area contributed by atoms with Crippen LogP contribution in [0.2, 0.25) is 0 Å². The second-order valence-electron chi connectivity index (χ2n) is 3.61. The number of ether oxygens (including phenoxy) is 1. The summed E-state index contributed by atoms with van der Waals surface area (Å²) in [4.78, 5) is 4.01. The van der Waals surface area contributed by atoms with Gasteiger partial charge in [0, 0.05) is 6.61 Å². The van der Waals surface area contributed by atoms with Crippen LogP contribution in [0.4, 0.5) is 11.9 Å². The molecule has 2 heterocycles. The van der Waals surface area contributed by atoms with Gasteiger partial charge in [-0.2, -0.15) is 4.98 Å². The Bertz CT molecular complexity index is 304. The number of hydrogen-bond donors (Lipinski definition) is 3. The highest BCUT2D eigenvalue weighted by Crippen LogP contribution is 2.25. The summed E-state index contributed by atoms with van der Waals surface area (Å²) in [5.74, 6) is 0.882. The van der Waals surface area contributed by atoms with Gasteiger partial charge in [-0.3, -0.25) is 0 Å². The van der Waals surface area contributed by atoms with Crippen LogP contribution < -0.4 is 11.1 Å². The molecule has 1 aliphatic heterocycles. The standard InChI is InChI=1S/C8H15N5O/c1-2-8(3-4-14-5-8)11-7-10-6(9)12-13-7/h2-5H2,1H3,(H4,9,10,11,12,13). The maximum Gasteiger partial charge on any atom is 0.244 e. The molecule has 0 aliphatic carbocycles. The predicted molar refractivity (Wildman–Crippen MR) is 52.9 cm³/mol. The lowest BCUT2D eigenvalue weighted by Gasteiger charge is -2.26. The Hall–Kier alpha value is -1.30. The van der Waals surface area contributed by atoms with E-state index in [1.54, 1.807) is 0 Å². The lowest BCUT2D eigenvalue weighted by Crippen LogP contribution is -2.38. The van der Waals surface area contributed by atoms with Crippen molar-refractivity contribution in [3.63, 3.8) is 0 Å². The van der Waals surface area contributed by atoms with Crippen LogP contribution in [0.3, 0.4) is 0 Å². The van der Waals surface area contributed by atoms with Crippen LogP contribution in [0.5, 0.6) is 0 Å². The summed E-state index contributed by atoms with van der Waals surface area (Å²) in [6, 6.07) is 0. The van der Waals surface area contributed by atoms with E-state index in [1.165, 1.54) is 0 Å². The zero-order valence-corrected chi connectivity index (χ0v) is 8.21. The number of anilines is 2. The molecule has 1 unspecified atom stereocenters. The summed E-state index contributed by atoms with van der Waals surface area (Å²) in [7, 11) is 0. The number of rotatable bonds is 3. The molecular formula is C8H15N5O. The van der Waals surface area contributed by atoms with Crippen molar-refractivity contribution in [1.82, 2.24) is 15.2 Å². The molecule has 1 saturated heterocycles. The van der Waals surface area contributed by atoms with Crippen LogP contribution in [-0.2, 0) is 4.74 Å². The van der Waals surface area contributed by atoms with Gasteiger partial charge >= 0.3 is 0 Å². The van der Waals surface area contributed by atoms with E-state index < -0.39 is 0 Å². The van der Waals surface area contributed by atoms with Crippen LogP contribution in [0, 0.1) is 0 Å². The number of H-pyrrole nitrogens is 1. The average Bonchev–Trinajstić information content (AvgIpc) is 2.77. The first-order chi connectivity index (χ1) is 6.74. The number of nitrogen functional groups attached to an aromatic ring is 1. The third kappa shape index (κ3) is 1.65. The van der Waals surface area contributed by atoms with Gasteiger partial charge in [0.05, 0.1) is 12.1 Å². The predicted octanol–water partition coefficient (Wildman–Crippen LogP) is 0.368. The molecule has 0 spiro atoms. The molecule has 0 bridgehead atoms. The van der Waals surface area contributed by atoms with Crippen molar-refractivity contribution >= 4 is 11.9 Å². The van der Waals surface area contributed by atoms with E-state index in [4.69, 9.17) is 10.5 Å². The Kier molecular flexibility index (Phi) is 2.28. The van der Waals surface area contributed by atoms with Crippen molar-refractivity contribution in [1.29, 1.82) is 0 Å². The van der Waals surface area contributed by atoms with Gasteiger partial charge in [0.2, 0.25) is 11.9 Å². The fourth-order valence-electron chi connectivity index (χ4n) is 1.64. The fourth-order valence-corrected chi connectivity index (χ4v) is 1.64. The summed E-state index contributed by atoms with van der Waals surface area (Å²) in [6.45, 7) is 3.62. The minimum absolute atomic E-state index is 0.0192. The molecule has 78 valence electrons. The maximum absolute atomic E-state index is 5.44. The van der Waals surface area contributed by atoms with Crippen LogP contribution in [0.15, 0.2) is 0 Å². The summed E-state index contributed by atoms with van der Waals surface area (Å²) in [5.41, 5.74) is 5.42. The monoisotopic (exact) mass is 197 g/mol. The van der Waals surface area contributed by atoms with Crippen molar-refractivity contribution in [2.24, 2.45) is 0 Å². The normalized spacial score (nSPS) is 26.6. The van der Waals surface area contributed by atoms with Crippen LogP contribution in [-0.4, -0.2) is 33.9 Å². The minimum Gasteiger partial charge on any atom is -0.379 e. The lowest BCUT2D eigenvalue weighted by atomic mass is 9.96. The quantitative estimate of drug-likeness (QED) is 0.651. The average molecular weight is 197 g/mol. The van der Waals surface area contributed by atoms with Gasteiger partial charge in [-0.1, -0.05) is 6.92 Å². The van der Waals surface area contributed by atoms with E-state index in [1.807, 2.05) is 0 Å². The molecule has 1 aromatic rings. The third-order valence-corrected chi connectivity index (χ3v) is 2.66. The van der Waals surface area contributed by atoms with E-state index in [2.05, 4.69) is 27.4 Å². The molecule has 1 atom stereocenters. The highest BCUT2D eigenvalue weighted by Gasteiger charge is 2.33. The first kappa shape index (κ1) is 9.26. The summed E-state index contributed by atoms with van der Waals surface area (Å²) < 4.78 is 5.37. The molecule has 6 nitrogen and oxygen atoms in total. The molecule has 4 N–H and O–H groups in total. The molecular weight excluding hydrogens is 182 g/mol. The smallest absolute Gasteiger partial charge is 0.244 e. The molecule has 14 heavy (non-hydrogen) atoms. The Morgan fingerprint density at radius 1 is 1.71 bits per heavy atom. The Labute approximate surface area is 82.2 Å². The minimum atomic E-state index is -0.0192. The highest BCUT2D eigenvalue weighted by molar-refractivity contribution is 5.33. The highest BCUT2D eigenvalue weighted by atomic mass is 16.5. The molecule has 0 saturated carbocycles. The molecule has 0 radical (unpaired) electrons. The Balaban J connectivity index is 2.08. The van der Waals surface area contributed by atoms with E-state index in [0.717, 1.165) is 19.4 Å². The van der Waals surface area contributed by atoms with Gasteiger partial charge in [-0.05, 0) is 12.8 Å². The van der Waals surface area contributed by atoms with Crippen LogP contribution >= 0.6 is 0 Å². The van der Waals surface area contributed by atoms with Crippen molar-refractivity contribution in [2.75, 3.05) is 24.3 Å². The number of aromatic amines is 1. The number of nitrogens with one attached hydrogen (secondary N) is 2. The Morgan fingerprint density at radius 2 is 2.57 bits per heavy atom. The van der Waals surface area contributed by atoms with Crippen molar-refractivity contribution in [2.45, 2.75) is 25.3 Å². The second kappa shape index (κ2) is 3.45. The van der Waals surface area contributed by atoms with Crippen molar-refractivity contribution < 1.29 is 4.74 Å². The Morgan fingerprint density at radius 3 is 3.07 bits per heavy atom. The number of aromatic nitrogens is 3. The fraction of sp³-hybridized carbons (Fsp3) is 0.750. The van der Waals surface area contributed by atoms with E-state index in [-0.39, 0.29) is 5.54 Å². The van der Waals surface area contributed by atoms with Crippen molar-refractivity contribution in [3.05, 3.63) is 0 Å². The zero-order chi connectivity index (χ0) is 10.0. The van der Waals surface area contributed by atoms with Crippen molar-refractivity contribution in [3.8, 4) is 0 Å². The van der Waals surface area contributed by atoms with E-state index >= 15 is 0 Å². The number of nitrogens with zero attached hydrogens (tertiary/aromatic N) is 2. The summed E-state index contributed by atoms with van der Waals surface area (Å²) >= 11 is 0. The van der Waals surface area contributed by atoms with Crippen LogP contribution in [0.1, 0.15) is 19.8 Å². The lowest BCUT2D eigenvalue weighted by molar-refractivity contribution is 0.181. The van der Waals surface area contributed by atoms with Gasteiger partial charge in [-0.25, -0.2) is 5.10 Å². The third-order valence-electron chi connectivity index (χ3n) is 2.66. The van der Waals surface area contributed by atoms with E-state index in [0.29, 0.717) is 18.5 Å². The number of hydrogen-bond acceptors (Lipinski definition) is 5. The van der Waals surface area contributed by atoms with Gasteiger partial charge in [0.1, 0.15) is 0 Å². The molecule has 2 rings (SSSR count). The molecule has 6 heteroatoms. The zero-order valence-electron chi connectivity index (χ0n) is 8.21. The first-order valence-electron chi connectivity index (χ1n) is 4.78. The molecule has 1 fully saturated rings. The topological polar surface area (TPSA) is 88.9 Å². The van der Waals surface area contributed by atoms with E-state index in [9.17, 15) is 0 Å². The summed E-state index contributed by atoms with van der Waals surface area (Å²) in [5, 5.41) is 9.81. The van der Waals surface area contributed by atoms with Gasteiger partial charge < -0.3 is 15.8 Å². The first-order valence-corrected chi connectivity index (χ1v) is 4.78. The second-order valence-corrected chi connectivity index (χ2v) is 3.61. The van der Waals surface area contributed by atoms with Crippen LogP contribution in [0.25, 0.3) is 0 Å². The molecule has 0 amide bonds. The van der Waals surface area contributed by atoms with Gasteiger partial charge in [0.15, 0.2) is 0 Å². The maximum atomic E-state index is 5.44. The SMILES string of the molecule is CCC1(Nc2n[nH]c(N)n2)CCOC1. The van der Waals surface area contributed by atoms with Gasteiger partial charge in [-0.15, -0.1) is 5.10 Å². The molecule has 1 aromatic heterocycles. The van der Waals surface area contributed by atoms with Gasteiger partial charge in [0.25, 0.3) is 0 Å². The molecule has 1 aliphatic rings. The summed E-state index contributed by atoms with van der Waals surface area (Å²) in [6.07, 6.45) is 1.97. The largest absolute Gasteiger partial charge is 0.379 e.